The van der Waals surface area contributed by atoms with E-state index in [4.69, 9.17) is 11.6 Å². The van der Waals surface area contributed by atoms with Gasteiger partial charge in [-0.2, -0.15) is 0 Å². The number of hydrogen-bond acceptors (Lipinski definition) is 2. The lowest BCUT2D eigenvalue weighted by Gasteiger charge is -2.16. The van der Waals surface area contributed by atoms with E-state index in [1.807, 2.05) is 48.2 Å². The third-order valence-electron chi connectivity index (χ3n) is 4.76. The molecule has 0 aliphatic carbocycles. The Bertz CT molecular complexity index is 812. The van der Waals surface area contributed by atoms with E-state index in [9.17, 15) is 4.79 Å². The predicted molar refractivity (Wildman–Crippen MR) is 114 cm³/mol. The topological polar surface area (TPSA) is 56.7 Å². The molecule has 1 amide bonds. The Kier molecular flexibility index (Phi) is 7.31. The van der Waals surface area contributed by atoms with Crippen LogP contribution in [0, 0.1) is 0 Å². The Morgan fingerprint density at radius 2 is 1.75 bits per heavy atom. The van der Waals surface area contributed by atoms with Crippen molar-refractivity contribution in [1.29, 1.82) is 0 Å². The van der Waals surface area contributed by atoms with Crippen molar-refractivity contribution in [2.75, 3.05) is 13.1 Å². The van der Waals surface area contributed by atoms with Gasteiger partial charge in [0, 0.05) is 37.6 Å². The van der Waals surface area contributed by atoms with Gasteiger partial charge in [0.25, 0.3) is 0 Å². The number of carbonyl (C=O) groups excluding carboxylic acids is 1. The highest BCUT2D eigenvalue weighted by atomic mass is 35.5. The molecular formula is C22H27ClN4O. The molecule has 0 bridgehead atoms. The highest BCUT2D eigenvalue weighted by Crippen LogP contribution is 2.22. The molecule has 0 atom stereocenters. The van der Waals surface area contributed by atoms with Crippen LogP contribution in [0.4, 0.5) is 0 Å². The molecule has 148 valence electrons. The number of fused-ring (bicyclic) bond motifs is 1. The maximum atomic E-state index is 12.5. The molecule has 0 saturated carbocycles. The van der Waals surface area contributed by atoms with E-state index in [1.54, 1.807) is 0 Å². The monoisotopic (exact) mass is 398 g/mol. The second-order valence-corrected chi connectivity index (χ2v) is 7.24. The van der Waals surface area contributed by atoms with Crippen molar-refractivity contribution >= 4 is 23.5 Å². The van der Waals surface area contributed by atoms with Gasteiger partial charge in [0.1, 0.15) is 0 Å². The second-order valence-electron chi connectivity index (χ2n) is 6.84. The van der Waals surface area contributed by atoms with Crippen LogP contribution >= 0.6 is 11.6 Å². The molecule has 0 aromatic heterocycles. The van der Waals surface area contributed by atoms with Gasteiger partial charge in [0.05, 0.1) is 6.54 Å². The number of carbonyl (C=O) groups is 1. The maximum absolute atomic E-state index is 12.5. The maximum Gasteiger partial charge on any atom is 0.223 e. The van der Waals surface area contributed by atoms with Gasteiger partial charge in [-0.1, -0.05) is 54.1 Å². The van der Waals surface area contributed by atoms with Crippen LogP contribution in [0.2, 0.25) is 5.02 Å². The summed E-state index contributed by atoms with van der Waals surface area (Å²) in [4.78, 5) is 19.0. The minimum Gasteiger partial charge on any atom is -0.357 e. The molecule has 0 saturated heterocycles. The highest BCUT2D eigenvalue weighted by molar-refractivity contribution is 6.31. The Hall–Kier alpha value is -2.53. The fourth-order valence-electron chi connectivity index (χ4n) is 3.25. The van der Waals surface area contributed by atoms with Gasteiger partial charge in [-0.3, -0.25) is 4.79 Å². The van der Waals surface area contributed by atoms with Gasteiger partial charge in [-0.15, -0.1) is 0 Å². The lowest BCUT2D eigenvalue weighted by molar-refractivity contribution is -0.131. The van der Waals surface area contributed by atoms with E-state index in [0.29, 0.717) is 19.5 Å². The lowest BCUT2D eigenvalue weighted by atomic mass is 10.1. The van der Waals surface area contributed by atoms with E-state index in [-0.39, 0.29) is 5.91 Å². The zero-order chi connectivity index (χ0) is 19.8. The third-order valence-corrected chi connectivity index (χ3v) is 5.13. The largest absolute Gasteiger partial charge is 0.357 e. The van der Waals surface area contributed by atoms with E-state index < -0.39 is 0 Å². The molecule has 3 rings (SSSR count). The highest BCUT2D eigenvalue weighted by Gasteiger charge is 2.22. The summed E-state index contributed by atoms with van der Waals surface area (Å²) in [5, 5.41) is 7.25. The number of amides is 1. The minimum atomic E-state index is 0.205. The summed E-state index contributed by atoms with van der Waals surface area (Å²) in [5.74, 6) is 0.944. The molecule has 2 N–H and O–H groups in total. The number of nitrogens with one attached hydrogen (secondary N) is 2. The molecular weight excluding hydrogens is 372 g/mol. The van der Waals surface area contributed by atoms with Gasteiger partial charge >= 0.3 is 0 Å². The minimum absolute atomic E-state index is 0.205. The van der Waals surface area contributed by atoms with Gasteiger partial charge < -0.3 is 15.5 Å². The molecule has 5 nitrogen and oxygen atoms in total. The van der Waals surface area contributed by atoms with E-state index in [2.05, 4.69) is 27.8 Å². The summed E-state index contributed by atoms with van der Waals surface area (Å²) in [6, 6.07) is 16.0. The summed E-state index contributed by atoms with van der Waals surface area (Å²) in [6.45, 7) is 5.47. The fourth-order valence-corrected chi connectivity index (χ4v) is 3.44. The van der Waals surface area contributed by atoms with Crippen LogP contribution in [0.15, 0.2) is 53.5 Å². The van der Waals surface area contributed by atoms with Gasteiger partial charge in [0.2, 0.25) is 5.91 Å². The molecule has 6 heteroatoms. The number of aliphatic imine (C=N–C) groups is 1. The fraction of sp³-hybridized carbons (Fsp3) is 0.364. The summed E-state index contributed by atoms with van der Waals surface area (Å²) >= 11 is 6.19. The molecule has 1 aliphatic heterocycles. The molecule has 2 aromatic rings. The molecule has 1 heterocycles. The van der Waals surface area contributed by atoms with Crippen molar-refractivity contribution in [2.24, 2.45) is 4.99 Å². The Morgan fingerprint density at radius 1 is 1.07 bits per heavy atom. The molecule has 0 spiro atoms. The van der Waals surface area contributed by atoms with Crippen molar-refractivity contribution in [2.45, 2.75) is 39.4 Å². The van der Waals surface area contributed by atoms with Crippen LogP contribution < -0.4 is 10.6 Å². The van der Waals surface area contributed by atoms with Gasteiger partial charge in [0.15, 0.2) is 5.96 Å². The van der Waals surface area contributed by atoms with Crippen LogP contribution in [0.5, 0.6) is 0 Å². The zero-order valence-electron chi connectivity index (χ0n) is 16.2. The quantitative estimate of drug-likeness (QED) is 0.424. The molecule has 0 radical (unpaired) electrons. The normalized spacial score (nSPS) is 13.4. The van der Waals surface area contributed by atoms with Crippen molar-refractivity contribution in [3.8, 4) is 0 Å². The van der Waals surface area contributed by atoms with Crippen molar-refractivity contribution in [3.05, 3.63) is 70.2 Å². The van der Waals surface area contributed by atoms with E-state index in [1.165, 1.54) is 11.1 Å². The number of rotatable bonds is 7. The van der Waals surface area contributed by atoms with Crippen molar-refractivity contribution < 1.29 is 4.79 Å². The lowest BCUT2D eigenvalue weighted by Crippen LogP contribution is -2.38. The number of guanidine groups is 1. The summed E-state index contributed by atoms with van der Waals surface area (Å²) < 4.78 is 0. The number of nitrogens with zero attached hydrogens (tertiary/aromatic N) is 2. The van der Waals surface area contributed by atoms with E-state index in [0.717, 1.165) is 42.6 Å². The van der Waals surface area contributed by atoms with Crippen molar-refractivity contribution in [3.63, 3.8) is 0 Å². The Morgan fingerprint density at radius 3 is 2.43 bits per heavy atom. The summed E-state index contributed by atoms with van der Waals surface area (Å²) in [6.07, 6.45) is 1.30. The predicted octanol–water partition coefficient (Wildman–Crippen LogP) is 3.72. The smallest absolute Gasteiger partial charge is 0.223 e. The summed E-state index contributed by atoms with van der Waals surface area (Å²) in [5.41, 5.74) is 3.51. The zero-order valence-corrected chi connectivity index (χ0v) is 17.0. The number of hydrogen-bond donors (Lipinski definition) is 2. The average Bonchev–Trinajstić information content (AvgIpc) is 3.14. The van der Waals surface area contributed by atoms with Crippen LogP contribution in [0.3, 0.4) is 0 Å². The summed E-state index contributed by atoms with van der Waals surface area (Å²) in [7, 11) is 0. The van der Waals surface area contributed by atoms with Crippen molar-refractivity contribution in [1.82, 2.24) is 15.5 Å². The molecule has 0 fully saturated rings. The van der Waals surface area contributed by atoms with E-state index >= 15 is 0 Å². The van der Waals surface area contributed by atoms with Gasteiger partial charge in [-0.25, -0.2) is 4.99 Å². The average molecular weight is 399 g/mol. The van der Waals surface area contributed by atoms with Crippen LogP contribution in [0.1, 0.15) is 36.5 Å². The molecule has 0 unspecified atom stereocenters. The first-order chi connectivity index (χ1) is 13.7. The second kappa shape index (κ2) is 10.1. The first-order valence-corrected chi connectivity index (χ1v) is 10.2. The van der Waals surface area contributed by atoms with Crippen LogP contribution in [-0.2, 0) is 24.4 Å². The number of halogens is 1. The van der Waals surface area contributed by atoms with Crippen LogP contribution in [0.25, 0.3) is 0 Å². The number of benzene rings is 2. The first kappa shape index (κ1) is 20.2. The molecule has 2 aromatic carbocycles. The molecule has 28 heavy (non-hydrogen) atoms. The van der Waals surface area contributed by atoms with Crippen LogP contribution in [-0.4, -0.2) is 29.9 Å². The molecule has 1 aliphatic rings. The Balaban J connectivity index is 1.43. The third kappa shape index (κ3) is 5.49. The first-order valence-electron chi connectivity index (χ1n) is 9.77. The van der Waals surface area contributed by atoms with Gasteiger partial charge in [-0.05, 0) is 36.1 Å². The SMILES string of the molecule is CCNC(=NCc1ccccc1Cl)NCCCC(=O)N1Cc2ccccc2C1. The standard InChI is InChI=1S/C22H27ClN4O/c1-2-24-22(26-14-17-8-5-6-11-20(17)23)25-13-7-12-21(28)27-15-18-9-3-4-10-19(18)16-27/h3-6,8-11H,2,7,12-16H2,1H3,(H2,24,25,26). The Labute approximate surface area is 171 Å².